The van der Waals surface area contributed by atoms with E-state index in [0.717, 1.165) is 0 Å². The third-order valence-corrected chi connectivity index (χ3v) is 2.56. The monoisotopic (exact) mass is 362 g/mol. The Balaban J connectivity index is 3.47. The molecule has 1 N–H and O–H groups in total. The highest BCUT2D eigenvalue weighted by Gasteiger charge is 2.10. The van der Waals surface area contributed by atoms with E-state index in [1.165, 1.54) is 6.92 Å². The minimum Gasteiger partial charge on any atom is -0.463 e. The molecule has 0 aliphatic heterocycles. The molecule has 0 saturated carbocycles. The van der Waals surface area contributed by atoms with Gasteiger partial charge in [-0.15, -0.1) is 0 Å². The van der Waals surface area contributed by atoms with Crippen molar-refractivity contribution < 1.29 is 43.2 Å². The molecule has 0 heterocycles. The fraction of sp³-hybridized carbons (Fsp3) is 0.688. The van der Waals surface area contributed by atoms with E-state index in [-0.39, 0.29) is 58.1 Å². The lowest BCUT2D eigenvalue weighted by atomic mass is 10.3. The Hall–Kier alpha value is -1.97. The molecule has 0 aliphatic carbocycles. The highest BCUT2D eigenvalue weighted by molar-refractivity contribution is 5.86. The molecule has 0 aromatic heterocycles. The fourth-order valence-corrected chi connectivity index (χ4v) is 1.36. The first-order valence-corrected chi connectivity index (χ1v) is 7.87. The van der Waals surface area contributed by atoms with Crippen LogP contribution < -0.4 is 0 Å². The average molecular weight is 362 g/mol. The van der Waals surface area contributed by atoms with Crippen molar-refractivity contribution in [2.45, 2.75) is 19.8 Å². The Morgan fingerprint density at radius 1 is 0.760 bits per heavy atom. The van der Waals surface area contributed by atoms with Crippen LogP contribution in [-0.2, 0) is 38.1 Å². The van der Waals surface area contributed by atoms with Gasteiger partial charge in [0.1, 0.15) is 19.8 Å². The molecule has 144 valence electrons. The van der Waals surface area contributed by atoms with Gasteiger partial charge < -0.3 is 28.8 Å². The number of hydrogen-bond acceptors (Lipinski definition) is 9. The van der Waals surface area contributed by atoms with Crippen LogP contribution in [0, 0.1) is 0 Å². The van der Waals surface area contributed by atoms with Crippen molar-refractivity contribution >= 4 is 17.9 Å². The third-order valence-electron chi connectivity index (χ3n) is 2.56. The highest BCUT2D eigenvalue weighted by atomic mass is 16.6. The van der Waals surface area contributed by atoms with Crippen molar-refractivity contribution in [2.24, 2.45) is 0 Å². The molecule has 0 radical (unpaired) electrons. The summed E-state index contributed by atoms with van der Waals surface area (Å²) in [5.41, 5.74) is 0.260. The van der Waals surface area contributed by atoms with Crippen LogP contribution in [0.3, 0.4) is 0 Å². The molecule has 0 spiro atoms. The van der Waals surface area contributed by atoms with E-state index in [1.54, 1.807) is 0 Å². The lowest BCUT2D eigenvalue weighted by molar-refractivity contribution is -0.153. The number of carbonyl (C=O) groups is 3. The van der Waals surface area contributed by atoms with Gasteiger partial charge in [-0.1, -0.05) is 6.58 Å². The van der Waals surface area contributed by atoms with Crippen molar-refractivity contribution in [3.63, 3.8) is 0 Å². The van der Waals surface area contributed by atoms with Crippen LogP contribution in [0.4, 0.5) is 0 Å². The third kappa shape index (κ3) is 15.3. The molecule has 0 amide bonds. The van der Waals surface area contributed by atoms with Crippen LogP contribution in [0.5, 0.6) is 0 Å². The summed E-state index contributed by atoms with van der Waals surface area (Å²) in [5.74, 6) is -1.67. The number of esters is 3. The molecular weight excluding hydrogens is 336 g/mol. The first-order valence-electron chi connectivity index (χ1n) is 7.87. The largest absolute Gasteiger partial charge is 0.463 e. The number of hydrogen-bond donors (Lipinski definition) is 1. The van der Waals surface area contributed by atoms with Crippen molar-refractivity contribution in [3.8, 4) is 0 Å². The zero-order valence-corrected chi connectivity index (χ0v) is 14.5. The van der Waals surface area contributed by atoms with E-state index >= 15 is 0 Å². The smallest absolute Gasteiger partial charge is 0.333 e. The van der Waals surface area contributed by atoms with Gasteiger partial charge in [-0.3, -0.25) is 9.59 Å². The van der Waals surface area contributed by atoms with Gasteiger partial charge in [0.2, 0.25) is 0 Å². The zero-order valence-electron chi connectivity index (χ0n) is 14.5. The van der Waals surface area contributed by atoms with E-state index in [0.29, 0.717) is 13.2 Å². The summed E-state index contributed by atoms with van der Waals surface area (Å²) >= 11 is 0. The van der Waals surface area contributed by atoms with Crippen LogP contribution in [0.1, 0.15) is 19.8 Å². The number of aliphatic hydroxyl groups is 1. The maximum Gasteiger partial charge on any atom is 0.333 e. The summed E-state index contributed by atoms with van der Waals surface area (Å²) in [7, 11) is 0. The van der Waals surface area contributed by atoms with Crippen molar-refractivity contribution in [2.75, 3.05) is 52.9 Å². The lowest BCUT2D eigenvalue weighted by Gasteiger charge is -2.07. The van der Waals surface area contributed by atoms with Gasteiger partial charge >= 0.3 is 17.9 Å². The summed E-state index contributed by atoms with van der Waals surface area (Å²) in [4.78, 5) is 33.8. The topological polar surface area (TPSA) is 118 Å². The Labute approximate surface area is 146 Å². The first-order chi connectivity index (χ1) is 12.0. The second-order valence-electron chi connectivity index (χ2n) is 4.81. The summed E-state index contributed by atoms with van der Waals surface area (Å²) in [5, 5.41) is 8.48. The molecule has 0 bridgehead atoms. The molecular formula is C16H26O9. The molecule has 9 nitrogen and oxygen atoms in total. The summed E-state index contributed by atoms with van der Waals surface area (Å²) in [6.07, 6.45) is -0.229. The Morgan fingerprint density at radius 3 is 1.72 bits per heavy atom. The molecule has 0 aromatic rings. The summed E-state index contributed by atoms with van der Waals surface area (Å²) in [6, 6.07) is 0. The number of carbonyl (C=O) groups excluding carboxylic acids is 3. The predicted octanol–water partition coefficient (Wildman–Crippen LogP) is -0.00220. The number of aliphatic hydroxyl groups excluding tert-OH is 1. The summed E-state index contributed by atoms with van der Waals surface area (Å²) in [6.45, 7) is 5.95. The van der Waals surface area contributed by atoms with Crippen LogP contribution >= 0.6 is 0 Å². The SMILES string of the molecule is C=C(C)C(=O)OCCOC(=O)CCC(=O)OCCOCCOCCO. The molecule has 0 fully saturated rings. The molecule has 0 unspecified atom stereocenters. The van der Waals surface area contributed by atoms with Crippen molar-refractivity contribution in [1.29, 1.82) is 0 Å². The standard InChI is InChI=1S/C16H26O9/c1-13(2)16(20)25-12-11-24-15(19)4-3-14(18)23-10-9-22-8-7-21-6-5-17/h17H,1,3-12H2,2H3. The van der Waals surface area contributed by atoms with E-state index in [4.69, 9.17) is 28.8 Å². The van der Waals surface area contributed by atoms with Gasteiger partial charge in [-0.05, 0) is 6.92 Å². The van der Waals surface area contributed by atoms with E-state index in [2.05, 4.69) is 6.58 Å². The second kappa shape index (κ2) is 15.6. The normalized spacial score (nSPS) is 10.2. The average Bonchev–Trinajstić information content (AvgIpc) is 2.58. The van der Waals surface area contributed by atoms with Crippen LogP contribution in [0.2, 0.25) is 0 Å². The van der Waals surface area contributed by atoms with Crippen LogP contribution in [0.15, 0.2) is 12.2 Å². The van der Waals surface area contributed by atoms with Gasteiger partial charge in [0.15, 0.2) is 0 Å². The first kappa shape index (κ1) is 23.0. The van der Waals surface area contributed by atoms with Crippen molar-refractivity contribution in [1.82, 2.24) is 0 Å². The Morgan fingerprint density at radius 2 is 1.20 bits per heavy atom. The molecule has 0 atom stereocenters. The molecule has 25 heavy (non-hydrogen) atoms. The highest BCUT2D eigenvalue weighted by Crippen LogP contribution is 1.97. The van der Waals surface area contributed by atoms with Gasteiger partial charge in [-0.25, -0.2) is 4.79 Å². The van der Waals surface area contributed by atoms with Crippen molar-refractivity contribution in [3.05, 3.63) is 12.2 Å². The van der Waals surface area contributed by atoms with Crippen LogP contribution in [0.25, 0.3) is 0 Å². The van der Waals surface area contributed by atoms with Gasteiger partial charge in [0.05, 0.1) is 45.9 Å². The zero-order chi connectivity index (χ0) is 18.9. The summed E-state index contributed by atoms with van der Waals surface area (Å²) < 4.78 is 24.5. The fourth-order valence-electron chi connectivity index (χ4n) is 1.36. The van der Waals surface area contributed by atoms with E-state index in [1.807, 2.05) is 0 Å². The predicted molar refractivity (Wildman–Crippen MR) is 85.6 cm³/mol. The van der Waals surface area contributed by atoms with Gasteiger partial charge in [-0.2, -0.15) is 0 Å². The maximum atomic E-state index is 11.4. The second-order valence-corrected chi connectivity index (χ2v) is 4.81. The van der Waals surface area contributed by atoms with E-state index < -0.39 is 17.9 Å². The minimum absolute atomic E-state index is 0.0420. The number of ether oxygens (including phenoxy) is 5. The number of rotatable bonds is 15. The minimum atomic E-state index is -0.583. The molecule has 0 aliphatic rings. The van der Waals surface area contributed by atoms with Gasteiger partial charge in [0.25, 0.3) is 0 Å². The van der Waals surface area contributed by atoms with E-state index in [9.17, 15) is 14.4 Å². The molecule has 9 heteroatoms. The Bertz CT molecular complexity index is 420. The Kier molecular flexibility index (Phi) is 14.3. The van der Waals surface area contributed by atoms with Crippen LogP contribution in [-0.4, -0.2) is 75.9 Å². The lowest BCUT2D eigenvalue weighted by Crippen LogP contribution is -2.16. The van der Waals surface area contributed by atoms with Gasteiger partial charge in [0, 0.05) is 5.57 Å². The molecule has 0 rings (SSSR count). The maximum absolute atomic E-state index is 11.4. The quantitative estimate of drug-likeness (QED) is 0.186. The molecule has 0 saturated heterocycles. The molecule has 0 aromatic carbocycles.